The fourth-order valence-corrected chi connectivity index (χ4v) is 1.95. The normalized spacial score (nSPS) is 11.6. The van der Waals surface area contributed by atoms with Crippen LogP contribution in [0.5, 0.6) is 0 Å². The molecule has 0 spiro atoms. The summed E-state index contributed by atoms with van der Waals surface area (Å²) < 4.78 is 0. The van der Waals surface area contributed by atoms with Crippen molar-refractivity contribution in [3.8, 4) is 0 Å². The molecule has 0 amide bonds. The van der Waals surface area contributed by atoms with Crippen molar-refractivity contribution in [3.05, 3.63) is 35.4 Å². The molecule has 1 aromatic carbocycles. The molecule has 0 aliphatic heterocycles. The molecule has 1 rings (SSSR count). The summed E-state index contributed by atoms with van der Waals surface area (Å²) in [6.07, 6.45) is 0. The van der Waals surface area contributed by atoms with Crippen LogP contribution in [0.3, 0.4) is 0 Å². The highest BCUT2D eigenvalue weighted by molar-refractivity contribution is 6.69. The van der Waals surface area contributed by atoms with Crippen LogP contribution in [0.25, 0.3) is 0 Å². The van der Waals surface area contributed by atoms with E-state index in [2.05, 4.69) is 0 Å². The van der Waals surface area contributed by atoms with Gasteiger partial charge in [0.1, 0.15) is 0 Å². The monoisotopic (exact) mass is 358 g/mol. The highest BCUT2D eigenvalue weighted by Gasteiger charge is 2.35. The molecule has 0 atom stereocenters. The second-order valence-electron chi connectivity index (χ2n) is 8.06. The average Bonchev–Trinajstić information content (AvgIpc) is 2.56. The highest BCUT2D eigenvalue weighted by atomic mass is 16.2. The zero-order valence-electron chi connectivity index (χ0n) is 15.8. The van der Waals surface area contributed by atoms with E-state index in [0.29, 0.717) is 0 Å². The molecule has 0 aliphatic carbocycles. The minimum Gasteiger partial charge on any atom is -0.290 e. The zero-order chi connectivity index (χ0) is 20.4. The van der Waals surface area contributed by atoms with Crippen molar-refractivity contribution in [1.82, 2.24) is 0 Å². The van der Waals surface area contributed by atoms with E-state index in [0.717, 1.165) is 6.07 Å². The summed E-state index contributed by atoms with van der Waals surface area (Å²) in [5.41, 5.74) is -2.41. The van der Waals surface area contributed by atoms with Gasteiger partial charge in [0.2, 0.25) is 23.1 Å². The molecular formula is C20H22O6. The van der Waals surface area contributed by atoms with E-state index < -0.39 is 45.5 Å². The molecule has 6 nitrogen and oxygen atoms in total. The molecule has 26 heavy (non-hydrogen) atoms. The first-order valence-corrected chi connectivity index (χ1v) is 8.05. The number of carbonyl (C=O) groups is 6. The Morgan fingerprint density at radius 3 is 1.19 bits per heavy atom. The Bertz CT molecular complexity index is 750. The van der Waals surface area contributed by atoms with E-state index >= 15 is 0 Å². The lowest BCUT2D eigenvalue weighted by atomic mass is 9.85. The van der Waals surface area contributed by atoms with Crippen LogP contribution < -0.4 is 0 Å². The van der Waals surface area contributed by atoms with Gasteiger partial charge in [0.25, 0.3) is 11.6 Å². The van der Waals surface area contributed by atoms with E-state index in [1.807, 2.05) is 0 Å². The molecule has 6 heteroatoms. The van der Waals surface area contributed by atoms with Crippen LogP contribution in [-0.2, 0) is 19.2 Å². The highest BCUT2D eigenvalue weighted by Crippen LogP contribution is 2.19. The summed E-state index contributed by atoms with van der Waals surface area (Å²) in [7, 11) is 0. The maximum Gasteiger partial charge on any atom is 0.269 e. The maximum absolute atomic E-state index is 12.2. The van der Waals surface area contributed by atoms with Gasteiger partial charge in [0, 0.05) is 22.0 Å². The molecular weight excluding hydrogens is 336 g/mol. The zero-order valence-corrected chi connectivity index (χ0v) is 15.8. The fraction of sp³-hybridized carbons (Fsp3) is 0.400. The van der Waals surface area contributed by atoms with Crippen LogP contribution in [0, 0.1) is 10.8 Å². The summed E-state index contributed by atoms with van der Waals surface area (Å²) in [4.78, 5) is 72.5. The second-order valence-corrected chi connectivity index (χ2v) is 8.06. The van der Waals surface area contributed by atoms with E-state index in [-0.39, 0.29) is 11.1 Å². The van der Waals surface area contributed by atoms with Gasteiger partial charge in [-0.05, 0) is 6.07 Å². The van der Waals surface area contributed by atoms with Gasteiger partial charge in [-0.1, -0.05) is 59.7 Å². The fourth-order valence-electron chi connectivity index (χ4n) is 1.95. The summed E-state index contributed by atoms with van der Waals surface area (Å²) in [6.45, 7) is 9.07. The second kappa shape index (κ2) is 7.23. The molecule has 0 unspecified atom stereocenters. The van der Waals surface area contributed by atoms with E-state index in [1.165, 1.54) is 59.7 Å². The summed E-state index contributed by atoms with van der Waals surface area (Å²) in [6, 6.07) is 4.89. The summed E-state index contributed by atoms with van der Waals surface area (Å²) >= 11 is 0. The summed E-state index contributed by atoms with van der Waals surface area (Å²) in [5.74, 6) is -6.21. The lowest BCUT2D eigenvalue weighted by Gasteiger charge is -2.15. The predicted molar refractivity (Wildman–Crippen MR) is 94.0 cm³/mol. The van der Waals surface area contributed by atoms with Crippen molar-refractivity contribution in [2.45, 2.75) is 41.5 Å². The molecule has 0 saturated carbocycles. The van der Waals surface area contributed by atoms with Gasteiger partial charge in [-0.3, -0.25) is 28.8 Å². The van der Waals surface area contributed by atoms with Crippen molar-refractivity contribution in [2.75, 3.05) is 0 Å². The van der Waals surface area contributed by atoms with Gasteiger partial charge in [-0.25, -0.2) is 0 Å². The third kappa shape index (κ3) is 4.65. The van der Waals surface area contributed by atoms with Crippen LogP contribution >= 0.6 is 0 Å². The van der Waals surface area contributed by atoms with Crippen molar-refractivity contribution in [2.24, 2.45) is 10.8 Å². The Morgan fingerprint density at radius 1 is 0.615 bits per heavy atom. The number of Topliss-reactive ketones (excluding diaryl/α,β-unsaturated/α-hetero) is 6. The molecule has 0 saturated heterocycles. The van der Waals surface area contributed by atoms with Gasteiger partial charge in [0.05, 0.1) is 0 Å². The third-order valence-corrected chi connectivity index (χ3v) is 3.57. The molecule has 1 aromatic rings. The number of carbonyl (C=O) groups excluding carboxylic acids is 6. The first-order chi connectivity index (χ1) is 11.7. The molecule has 0 N–H and O–H groups in total. The Hall–Kier alpha value is -2.76. The molecule has 0 heterocycles. The van der Waals surface area contributed by atoms with Crippen LogP contribution in [0.2, 0.25) is 0 Å². The largest absolute Gasteiger partial charge is 0.290 e. The Balaban J connectivity index is 3.16. The van der Waals surface area contributed by atoms with Crippen molar-refractivity contribution in [3.63, 3.8) is 0 Å². The van der Waals surface area contributed by atoms with Crippen LogP contribution in [0.15, 0.2) is 24.3 Å². The molecule has 0 fully saturated rings. The minimum absolute atomic E-state index is 0.186. The molecule has 0 aliphatic rings. The van der Waals surface area contributed by atoms with E-state index in [9.17, 15) is 28.8 Å². The van der Waals surface area contributed by atoms with Gasteiger partial charge in [0.15, 0.2) is 0 Å². The predicted octanol–water partition coefficient (Wildman–Crippen LogP) is 2.42. The molecule has 0 aromatic heterocycles. The topological polar surface area (TPSA) is 102 Å². The van der Waals surface area contributed by atoms with Crippen molar-refractivity contribution < 1.29 is 28.8 Å². The lowest BCUT2D eigenvalue weighted by molar-refractivity contribution is -0.138. The Kier molecular flexibility index (Phi) is 5.92. The first-order valence-electron chi connectivity index (χ1n) is 8.05. The number of hydrogen-bond donors (Lipinski definition) is 0. The van der Waals surface area contributed by atoms with Crippen LogP contribution in [0.1, 0.15) is 62.3 Å². The number of benzene rings is 1. The SMILES string of the molecule is CC(C)(C)C(=O)C(=O)C(=O)c1cccc(C(=O)C(=O)C(=O)C(C)(C)C)c1. The van der Waals surface area contributed by atoms with Crippen LogP contribution in [0.4, 0.5) is 0 Å². The molecule has 0 radical (unpaired) electrons. The summed E-state index contributed by atoms with van der Waals surface area (Å²) in [5, 5.41) is 0. The number of ketones is 6. The van der Waals surface area contributed by atoms with E-state index in [4.69, 9.17) is 0 Å². The van der Waals surface area contributed by atoms with Gasteiger partial charge >= 0.3 is 0 Å². The lowest BCUT2D eigenvalue weighted by Crippen LogP contribution is -2.34. The number of rotatable bonds is 6. The number of hydrogen-bond acceptors (Lipinski definition) is 6. The third-order valence-electron chi connectivity index (χ3n) is 3.57. The molecule has 138 valence electrons. The molecule has 0 bridgehead atoms. The van der Waals surface area contributed by atoms with Gasteiger partial charge in [-0.15, -0.1) is 0 Å². The quantitative estimate of drug-likeness (QED) is 0.439. The van der Waals surface area contributed by atoms with Crippen LogP contribution in [-0.4, -0.2) is 34.7 Å². The standard InChI is InChI=1S/C20H22O6/c1-19(2,3)17(25)15(23)13(21)11-8-7-9-12(10-11)14(22)16(24)18(26)20(4,5)6/h7-10H,1-6H3. The average molecular weight is 358 g/mol. The van der Waals surface area contributed by atoms with Crippen molar-refractivity contribution >= 4 is 34.7 Å². The maximum atomic E-state index is 12.2. The Morgan fingerprint density at radius 2 is 0.923 bits per heavy atom. The van der Waals surface area contributed by atoms with Gasteiger partial charge < -0.3 is 0 Å². The van der Waals surface area contributed by atoms with Gasteiger partial charge in [-0.2, -0.15) is 0 Å². The Labute approximate surface area is 152 Å². The van der Waals surface area contributed by atoms with Crippen molar-refractivity contribution in [1.29, 1.82) is 0 Å². The van der Waals surface area contributed by atoms with E-state index in [1.54, 1.807) is 0 Å². The smallest absolute Gasteiger partial charge is 0.269 e. The minimum atomic E-state index is -1.20. The first kappa shape index (κ1) is 21.3.